The molecule has 9 nitrogen and oxygen atoms in total. The topological polar surface area (TPSA) is 100 Å². The van der Waals surface area contributed by atoms with E-state index in [0.717, 1.165) is 66.0 Å². The molecule has 1 saturated carbocycles. The van der Waals surface area contributed by atoms with Crippen molar-refractivity contribution < 1.29 is 4.79 Å². The number of nitrogens with one attached hydrogen (secondary N) is 1. The highest BCUT2D eigenvalue weighted by Gasteiger charge is 2.29. The van der Waals surface area contributed by atoms with Gasteiger partial charge in [0.2, 0.25) is 11.9 Å². The fraction of sp³-hybridized carbons (Fsp3) is 0.357. The second kappa shape index (κ2) is 11.8. The smallest absolute Gasteiger partial charge is 0.234 e. The molecular weight excluding hydrogens is 528 g/mol. The fourth-order valence-corrected chi connectivity index (χ4v) is 5.88. The average molecular weight is 559 g/mol. The van der Waals surface area contributed by atoms with Crippen LogP contribution in [-0.4, -0.2) is 61.8 Å². The number of Topliss-reactive ketones (excluding diaryl/α,β-unsaturated/α-hetero) is 1. The van der Waals surface area contributed by atoms with Crippen LogP contribution in [0.4, 0.5) is 17.0 Å². The maximum absolute atomic E-state index is 12.2. The van der Waals surface area contributed by atoms with Gasteiger partial charge in [0.25, 0.3) is 0 Å². The van der Waals surface area contributed by atoms with Crippen LogP contribution < -0.4 is 10.2 Å². The van der Waals surface area contributed by atoms with Crippen molar-refractivity contribution in [1.82, 2.24) is 29.8 Å². The summed E-state index contributed by atoms with van der Waals surface area (Å²) in [5.41, 5.74) is 2.32. The Morgan fingerprint density at radius 3 is 2.46 bits per heavy atom. The largest absolute Gasteiger partial charge is 0.338 e. The van der Waals surface area contributed by atoms with E-state index >= 15 is 0 Å². The molecule has 11 heteroatoms. The minimum atomic E-state index is 0.285. The van der Waals surface area contributed by atoms with Crippen LogP contribution in [0.3, 0.4) is 0 Å². The predicted molar refractivity (Wildman–Crippen MR) is 154 cm³/mol. The van der Waals surface area contributed by atoms with Crippen LogP contribution in [0.5, 0.6) is 0 Å². The lowest BCUT2D eigenvalue weighted by molar-refractivity contribution is -0.119. The third-order valence-corrected chi connectivity index (χ3v) is 8.50. The molecule has 39 heavy (non-hydrogen) atoms. The highest BCUT2D eigenvalue weighted by Crippen LogP contribution is 2.32. The Balaban J connectivity index is 1.16. The summed E-state index contributed by atoms with van der Waals surface area (Å²) < 4.78 is 0. The Bertz CT molecular complexity index is 1420. The van der Waals surface area contributed by atoms with E-state index in [2.05, 4.69) is 37.2 Å². The van der Waals surface area contributed by atoms with E-state index in [4.69, 9.17) is 15.0 Å². The number of aryl methyl sites for hydroxylation is 1. The van der Waals surface area contributed by atoms with E-state index in [9.17, 15) is 4.79 Å². The van der Waals surface area contributed by atoms with Gasteiger partial charge in [-0.05, 0) is 66.9 Å². The maximum Gasteiger partial charge on any atom is 0.234 e. The summed E-state index contributed by atoms with van der Waals surface area (Å²) in [6.07, 6.45) is 8.13. The molecule has 0 atom stereocenters. The van der Waals surface area contributed by atoms with Gasteiger partial charge in [0.05, 0.1) is 0 Å². The number of benzene rings is 1. The van der Waals surface area contributed by atoms with Crippen LogP contribution >= 0.6 is 23.1 Å². The molecule has 4 heterocycles. The highest BCUT2D eigenvalue weighted by molar-refractivity contribution is 7.99. The molecule has 1 aliphatic heterocycles. The minimum Gasteiger partial charge on any atom is -0.338 e. The number of nitrogens with zero attached hydrogens (tertiary/aromatic N) is 7. The molecule has 1 saturated heterocycles. The molecule has 6 rings (SSSR count). The Hall–Kier alpha value is -3.41. The molecule has 2 aliphatic rings. The SMILES string of the molecule is Cc1cnc(Nc2nc(Sc3ccc(CC(=O)C4CC4)cc3)nc(N3CCN(Cc4ccncc4)CC3)n2)s1. The summed E-state index contributed by atoms with van der Waals surface area (Å²) in [5.74, 6) is 1.79. The van der Waals surface area contributed by atoms with Crippen LogP contribution in [0, 0.1) is 12.8 Å². The van der Waals surface area contributed by atoms with E-state index in [1.165, 1.54) is 17.3 Å². The van der Waals surface area contributed by atoms with Crippen molar-refractivity contribution in [2.45, 2.75) is 42.8 Å². The second-order valence-electron chi connectivity index (χ2n) is 9.92. The molecule has 3 aromatic heterocycles. The van der Waals surface area contributed by atoms with Gasteiger partial charge in [0.15, 0.2) is 10.3 Å². The Kier molecular flexibility index (Phi) is 7.80. The lowest BCUT2D eigenvalue weighted by atomic mass is 10.1. The van der Waals surface area contributed by atoms with Gasteiger partial charge in [-0.2, -0.15) is 15.0 Å². The zero-order chi connectivity index (χ0) is 26.6. The van der Waals surface area contributed by atoms with Crippen LogP contribution in [0.25, 0.3) is 0 Å². The number of rotatable bonds is 10. The van der Waals surface area contributed by atoms with Crippen LogP contribution in [0.1, 0.15) is 28.8 Å². The van der Waals surface area contributed by atoms with Crippen molar-refractivity contribution in [3.63, 3.8) is 0 Å². The lowest BCUT2D eigenvalue weighted by Crippen LogP contribution is -2.46. The number of carbonyl (C=O) groups excluding carboxylic acids is 1. The number of ketones is 1. The van der Waals surface area contributed by atoms with Gasteiger partial charge < -0.3 is 4.90 Å². The van der Waals surface area contributed by atoms with E-state index in [0.29, 0.717) is 29.3 Å². The van der Waals surface area contributed by atoms with Gasteiger partial charge in [0.1, 0.15) is 5.78 Å². The Morgan fingerprint density at radius 1 is 1.00 bits per heavy atom. The van der Waals surface area contributed by atoms with Gasteiger partial charge in [-0.25, -0.2) is 4.98 Å². The highest BCUT2D eigenvalue weighted by atomic mass is 32.2. The van der Waals surface area contributed by atoms with E-state index in [-0.39, 0.29) is 5.92 Å². The number of hydrogen-bond donors (Lipinski definition) is 1. The fourth-order valence-electron chi connectivity index (χ4n) is 4.48. The molecule has 1 N–H and O–H groups in total. The average Bonchev–Trinajstić information content (AvgIpc) is 3.73. The molecule has 0 spiro atoms. The monoisotopic (exact) mass is 558 g/mol. The molecule has 0 unspecified atom stereocenters. The van der Waals surface area contributed by atoms with E-state index in [1.54, 1.807) is 11.3 Å². The first-order valence-corrected chi connectivity index (χ1v) is 14.8. The number of thiazole rings is 1. The number of hydrogen-bond acceptors (Lipinski definition) is 11. The first kappa shape index (κ1) is 25.8. The molecule has 0 radical (unpaired) electrons. The summed E-state index contributed by atoms with van der Waals surface area (Å²) in [4.78, 5) is 41.8. The predicted octanol–water partition coefficient (Wildman–Crippen LogP) is 4.77. The lowest BCUT2D eigenvalue weighted by Gasteiger charge is -2.34. The second-order valence-corrected chi connectivity index (χ2v) is 12.2. The number of aromatic nitrogens is 5. The third-order valence-electron chi connectivity index (χ3n) is 6.80. The van der Waals surface area contributed by atoms with Crippen LogP contribution in [-0.2, 0) is 17.8 Å². The molecule has 0 amide bonds. The van der Waals surface area contributed by atoms with Crippen molar-refractivity contribution in [1.29, 1.82) is 0 Å². The molecular formula is C28H30N8OS2. The van der Waals surface area contributed by atoms with Gasteiger partial charge in [-0.15, -0.1) is 11.3 Å². The Morgan fingerprint density at radius 2 is 1.77 bits per heavy atom. The molecule has 2 fully saturated rings. The van der Waals surface area contributed by atoms with Crippen molar-refractivity contribution in [2.75, 3.05) is 36.4 Å². The quantitative estimate of drug-likeness (QED) is 0.293. The first-order valence-electron chi connectivity index (χ1n) is 13.2. The maximum atomic E-state index is 12.2. The number of carbonyl (C=O) groups is 1. The van der Waals surface area contributed by atoms with E-state index in [1.807, 2.05) is 49.8 Å². The minimum absolute atomic E-state index is 0.285. The molecule has 1 aliphatic carbocycles. The number of anilines is 3. The van der Waals surface area contributed by atoms with Gasteiger partial charge in [-0.1, -0.05) is 12.1 Å². The van der Waals surface area contributed by atoms with Crippen LogP contribution in [0.2, 0.25) is 0 Å². The summed E-state index contributed by atoms with van der Waals surface area (Å²) >= 11 is 3.06. The van der Waals surface area contributed by atoms with Crippen LogP contribution in [0.15, 0.2) is 65.0 Å². The number of pyridine rings is 1. The normalized spacial score (nSPS) is 15.9. The van der Waals surface area contributed by atoms with Gasteiger partial charge in [-0.3, -0.25) is 20.0 Å². The van der Waals surface area contributed by atoms with Crippen molar-refractivity contribution in [3.8, 4) is 0 Å². The zero-order valence-electron chi connectivity index (χ0n) is 21.8. The first-order chi connectivity index (χ1) is 19.1. The molecule has 4 aromatic rings. The third kappa shape index (κ3) is 6.97. The van der Waals surface area contributed by atoms with Gasteiger partial charge in [0, 0.05) is 73.4 Å². The van der Waals surface area contributed by atoms with Crippen molar-refractivity contribution >= 4 is 45.9 Å². The standard InChI is InChI=1S/C28H30N8OS2/c1-19-17-30-27(38-19)32-25-31-26(36-14-12-35(13-15-36)18-21-8-10-29-11-9-21)34-28(33-25)39-23-6-2-20(3-7-23)16-24(37)22-4-5-22/h2-3,6-11,17,22H,4-5,12-16,18H2,1H3,(H,30,31,32,33,34). The summed E-state index contributed by atoms with van der Waals surface area (Å²) in [6, 6.07) is 12.3. The summed E-state index contributed by atoms with van der Waals surface area (Å²) in [6.45, 7) is 6.44. The molecule has 1 aromatic carbocycles. The van der Waals surface area contributed by atoms with Gasteiger partial charge >= 0.3 is 0 Å². The van der Waals surface area contributed by atoms with Crippen molar-refractivity contribution in [3.05, 3.63) is 71.0 Å². The molecule has 0 bridgehead atoms. The summed E-state index contributed by atoms with van der Waals surface area (Å²) in [5, 5.41) is 4.65. The van der Waals surface area contributed by atoms with E-state index < -0.39 is 0 Å². The molecule has 200 valence electrons. The summed E-state index contributed by atoms with van der Waals surface area (Å²) in [7, 11) is 0. The van der Waals surface area contributed by atoms with Crippen molar-refractivity contribution in [2.24, 2.45) is 5.92 Å². The Labute approximate surface area is 236 Å². The zero-order valence-corrected chi connectivity index (χ0v) is 23.4. The number of piperazine rings is 1.